The maximum atomic E-state index is 11.8. The quantitative estimate of drug-likeness (QED) is 0.809. The standard InChI is InChI=1S/C10H10BrClN4O/c1-15-5-3-13-7(15)2-4-16-6-14-9(12)8(11)10(16)17/h3,5-6H,2,4H2,1H3. The van der Waals surface area contributed by atoms with Gasteiger partial charge in [0.25, 0.3) is 5.56 Å². The number of imidazole rings is 1. The van der Waals surface area contributed by atoms with Crippen molar-refractivity contribution in [3.05, 3.63) is 44.5 Å². The van der Waals surface area contributed by atoms with E-state index < -0.39 is 0 Å². The first kappa shape index (κ1) is 12.3. The summed E-state index contributed by atoms with van der Waals surface area (Å²) in [5.41, 5.74) is -0.181. The van der Waals surface area contributed by atoms with Crippen LogP contribution in [0.4, 0.5) is 0 Å². The van der Waals surface area contributed by atoms with E-state index in [1.807, 2.05) is 17.8 Å². The van der Waals surface area contributed by atoms with Gasteiger partial charge in [-0.3, -0.25) is 9.36 Å². The van der Waals surface area contributed by atoms with Crippen LogP contribution in [0.25, 0.3) is 0 Å². The first-order valence-corrected chi connectivity index (χ1v) is 6.13. The summed E-state index contributed by atoms with van der Waals surface area (Å²) < 4.78 is 3.72. The lowest BCUT2D eigenvalue weighted by atomic mass is 10.4. The topological polar surface area (TPSA) is 52.7 Å². The summed E-state index contributed by atoms with van der Waals surface area (Å²) in [7, 11) is 1.92. The molecular weight excluding hydrogens is 307 g/mol. The Bertz CT molecular complexity index is 592. The van der Waals surface area contributed by atoms with Crippen LogP contribution in [0.15, 0.2) is 28.0 Å². The number of hydrogen-bond acceptors (Lipinski definition) is 3. The largest absolute Gasteiger partial charge is 0.338 e. The molecule has 2 aromatic rings. The van der Waals surface area contributed by atoms with E-state index in [-0.39, 0.29) is 10.7 Å². The smallest absolute Gasteiger partial charge is 0.269 e. The molecule has 0 atom stereocenters. The molecule has 0 saturated carbocycles. The summed E-state index contributed by atoms with van der Waals surface area (Å²) >= 11 is 8.84. The molecular formula is C10H10BrClN4O. The zero-order chi connectivity index (χ0) is 12.4. The van der Waals surface area contributed by atoms with Gasteiger partial charge in [0.05, 0.1) is 6.33 Å². The molecule has 0 spiro atoms. The third-order valence-corrected chi connectivity index (χ3v) is 3.67. The zero-order valence-corrected chi connectivity index (χ0v) is 11.4. The molecule has 5 nitrogen and oxygen atoms in total. The molecule has 0 bridgehead atoms. The first-order valence-electron chi connectivity index (χ1n) is 4.96. The third-order valence-electron chi connectivity index (χ3n) is 2.44. The van der Waals surface area contributed by atoms with E-state index in [1.165, 1.54) is 10.9 Å². The maximum Gasteiger partial charge on any atom is 0.269 e. The van der Waals surface area contributed by atoms with E-state index in [9.17, 15) is 4.79 Å². The molecule has 17 heavy (non-hydrogen) atoms. The summed E-state index contributed by atoms with van der Waals surface area (Å²) in [5, 5.41) is 0.184. The van der Waals surface area contributed by atoms with Crippen LogP contribution >= 0.6 is 27.5 Å². The van der Waals surface area contributed by atoms with Gasteiger partial charge in [0.2, 0.25) is 0 Å². The van der Waals surface area contributed by atoms with Crippen molar-refractivity contribution in [3.63, 3.8) is 0 Å². The van der Waals surface area contributed by atoms with Gasteiger partial charge in [-0.25, -0.2) is 9.97 Å². The summed E-state index contributed by atoms with van der Waals surface area (Å²) in [6.45, 7) is 0.520. The van der Waals surface area contributed by atoms with Gasteiger partial charge in [0.1, 0.15) is 10.3 Å². The summed E-state index contributed by atoms with van der Waals surface area (Å²) in [5.74, 6) is 0.919. The highest BCUT2D eigenvalue weighted by Crippen LogP contribution is 2.13. The van der Waals surface area contributed by atoms with Crippen molar-refractivity contribution in [2.24, 2.45) is 7.05 Å². The molecule has 0 aliphatic heterocycles. The Morgan fingerprint density at radius 2 is 2.24 bits per heavy atom. The van der Waals surface area contributed by atoms with Crippen molar-refractivity contribution in [3.8, 4) is 0 Å². The van der Waals surface area contributed by atoms with Gasteiger partial charge in [0, 0.05) is 32.4 Å². The molecule has 2 aromatic heterocycles. The molecule has 2 heterocycles. The molecule has 90 valence electrons. The van der Waals surface area contributed by atoms with Crippen LogP contribution in [-0.4, -0.2) is 19.1 Å². The minimum atomic E-state index is -0.181. The van der Waals surface area contributed by atoms with Crippen LogP contribution in [0.2, 0.25) is 5.15 Å². The third kappa shape index (κ3) is 2.58. The van der Waals surface area contributed by atoms with Crippen molar-refractivity contribution in [1.82, 2.24) is 19.1 Å². The fourth-order valence-corrected chi connectivity index (χ4v) is 1.92. The fraction of sp³-hybridized carbons (Fsp3) is 0.300. The molecule has 0 amide bonds. The highest BCUT2D eigenvalue weighted by atomic mass is 79.9. The van der Waals surface area contributed by atoms with Crippen molar-refractivity contribution in [2.45, 2.75) is 13.0 Å². The lowest BCUT2D eigenvalue weighted by Gasteiger charge is -2.06. The van der Waals surface area contributed by atoms with Gasteiger partial charge in [-0.1, -0.05) is 11.6 Å². The molecule has 0 aliphatic carbocycles. The molecule has 0 aromatic carbocycles. The average Bonchev–Trinajstić information content (AvgIpc) is 2.71. The molecule has 0 radical (unpaired) electrons. The lowest BCUT2D eigenvalue weighted by Crippen LogP contribution is -2.22. The Kier molecular flexibility index (Phi) is 3.63. The number of hydrogen-bond donors (Lipinski definition) is 0. The van der Waals surface area contributed by atoms with Crippen LogP contribution in [-0.2, 0) is 20.0 Å². The van der Waals surface area contributed by atoms with Gasteiger partial charge in [0.15, 0.2) is 5.15 Å². The van der Waals surface area contributed by atoms with Crippen molar-refractivity contribution >= 4 is 27.5 Å². The number of rotatable bonds is 3. The Morgan fingerprint density at radius 1 is 1.47 bits per heavy atom. The minimum absolute atomic E-state index is 0.181. The number of nitrogens with zero attached hydrogens (tertiary/aromatic N) is 4. The summed E-state index contributed by atoms with van der Waals surface area (Å²) in [4.78, 5) is 19.9. The Balaban J connectivity index is 2.18. The number of aryl methyl sites for hydroxylation is 3. The maximum absolute atomic E-state index is 11.8. The van der Waals surface area contributed by atoms with Gasteiger partial charge >= 0.3 is 0 Å². The highest BCUT2D eigenvalue weighted by Gasteiger charge is 2.07. The van der Waals surface area contributed by atoms with E-state index >= 15 is 0 Å². The Hall–Kier alpha value is -1.14. The van der Waals surface area contributed by atoms with E-state index in [2.05, 4.69) is 25.9 Å². The Labute approximate surface area is 111 Å². The van der Waals surface area contributed by atoms with Crippen LogP contribution in [0.3, 0.4) is 0 Å². The second kappa shape index (κ2) is 5.01. The molecule has 0 fully saturated rings. The lowest BCUT2D eigenvalue weighted by molar-refractivity contribution is 0.619. The van der Waals surface area contributed by atoms with E-state index in [0.29, 0.717) is 17.4 Å². The summed E-state index contributed by atoms with van der Waals surface area (Å²) in [6, 6.07) is 0. The summed E-state index contributed by atoms with van der Waals surface area (Å²) in [6.07, 6.45) is 5.71. The average molecular weight is 318 g/mol. The van der Waals surface area contributed by atoms with Crippen molar-refractivity contribution in [1.29, 1.82) is 0 Å². The molecule has 2 rings (SSSR count). The molecule has 0 unspecified atom stereocenters. The van der Waals surface area contributed by atoms with Crippen LogP contribution in [0.5, 0.6) is 0 Å². The van der Waals surface area contributed by atoms with Crippen molar-refractivity contribution in [2.75, 3.05) is 0 Å². The van der Waals surface area contributed by atoms with E-state index in [0.717, 1.165) is 5.82 Å². The van der Waals surface area contributed by atoms with Gasteiger partial charge in [-0.05, 0) is 15.9 Å². The number of aromatic nitrogens is 4. The molecule has 0 aliphatic rings. The molecule has 0 N–H and O–H groups in total. The number of halogens is 2. The van der Waals surface area contributed by atoms with Gasteiger partial charge in [-0.15, -0.1) is 0 Å². The monoisotopic (exact) mass is 316 g/mol. The Morgan fingerprint density at radius 3 is 2.88 bits per heavy atom. The SMILES string of the molecule is Cn1ccnc1CCn1cnc(Cl)c(Br)c1=O. The minimum Gasteiger partial charge on any atom is -0.338 e. The molecule has 7 heteroatoms. The van der Waals surface area contributed by atoms with E-state index in [1.54, 1.807) is 6.20 Å². The highest BCUT2D eigenvalue weighted by molar-refractivity contribution is 9.10. The normalized spacial score (nSPS) is 10.8. The zero-order valence-electron chi connectivity index (χ0n) is 9.10. The van der Waals surface area contributed by atoms with Gasteiger partial charge in [-0.2, -0.15) is 0 Å². The fourth-order valence-electron chi connectivity index (χ4n) is 1.46. The predicted octanol–water partition coefficient (Wildman–Crippen LogP) is 1.64. The first-order chi connectivity index (χ1) is 8.09. The van der Waals surface area contributed by atoms with Crippen LogP contribution < -0.4 is 5.56 Å². The van der Waals surface area contributed by atoms with Gasteiger partial charge < -0.3 is 4.57 Å². The van der Waals surface area contributed by atoms with Crippen molar-refractivity contribution < 1.29 is 0 Å². The van der Waals surface area contributed by atoms with E-state index in [4.69, 9.17) is 11.6 Å². The predicted molar refractivity (Wildman–Crippen MR) is 68.1 cm³/mol. The second-order valence-electron chi connectivity index (χ2n) is 3.55. The van der Waals surface area contributed by atoms with Crippen LogP contribution in [0.1, 0.15) is 5.82 Å². The van der Waals surface area contributed by atoms with Crippen LogP contribution in [0, 0.1) is 0 Å². The molecule has 0 saturated heterocycles. The second-order valence-corrected chi connectivity index (χ2v) is 4.70.